The van der Waals surface area contributed by atoms with Crippen molar-refractivity contribution in [1.29, 1.82) is 0 Å². The molecule has 0 spiro atoms. The molecule has 0 fully saturated rings. The van der Waals surface area contributed by atoms with Crippen molar-refractivity contribution < 1.29 is 0 Å². The normalized spacial score (nSPS) is 22.3. The van der Waals surface area contributed by atoms with Crippen LogP contribution in [0.15, 0.2) is 54.7 Å². The van der Waals surface area contributed by atoms with Crippen LogP contribution in [0.1, 0.15) is 31.1 Å². The molecule has 2 atom stereocenters. The molecule has 0 saturated heterocycles. The lowest BCUT2D eigenvalue weighted by molar-refractivity contribution is 0.229. The smallest absolute Gasteiger partial charge is 0.0872 e. The summed E-state index contributed by atoms with van der Waals surface area (Å²) in [5, 5.41) is 7.20. The molecule has 2 aliphatic heterocycles. The number of rotatable bonds is 0. The summed E-state index contributed by atoms with van der Waals surface area (Å²) < 4.78 is 2.48. The molecule has 0 aliphatic carbocycles. The number of halogens is 1. The van der Waals surface area contributed by atoms with Crippen LogP contribution in [0.3, 0.4) is 0 Å². The zero-order valence-corrected chi connectivity index (χ0v) is 16.1. The van der Waals surface area contributed by atoms with Crippen LogP contribution in [0.5, 0.6) is 0 Å². The lowest BCUT2D eigenvalue weighted by Crippen LogP contribution is -2.45. The third-order valence-corrected chi connectivity index (χ3v) is 6.93. The van der Waals surface area contributed by atoms with E-state index in [1.54, 1.807) is 0 Å². The number of fused-ring (bicyclic) bond motifs is 6. The van der Waals surface area contributed by atoms with E-state index >= 15 is 0 Å². The van der Waals surface area contributed by atoms with Crippen molar-refractivity contribution in [2.75, 3.05) is 5.32 Å². The molecule has 0 amide bonds. The highest BCUT2D eigenvalue weighted by Gasteiger charge is 2.46. The number of aromatic nitrogens is 2. The van der Waals surface area contributed by atoms with Crippen LogP contribution >= 0.6 is 11.6 Å². The molecule has 27 heavy (non-hydrogen) atoms. The minimum Gasteiger partial charge on any atom is -0.376 e. The highest BCUT2D eigenvalue weighted by molar-refractivity contribution is 6.30. The van der Waals surface area contributed by atoms with Crippen LogP contribution in [0.4, 0.5) is 5.69 Å². The molecule has 0 radical (unpaired) electrons. The Morgan fingerprint density at radius 1 is 1.11 bits per heavy atom. The van der Waals surface area contributed by atoms with E-state index in [2.05, 4.69) is 66.2 Å². The number of benzene rings is 2. The second-order valence-corrected chi connectivity index (χ2v) is 8.80. The van der Waals surface area contributed by atoms with E-state index in [1.165, 1.54) is 33.1 Å². The van der Waals surface area contributed by atoms with Gasteiger partial charge in [-0.15, -0.1) is 0 Å². The number of anilines is 1. The molecule has 2 aromatic heterocycles. The number of hydrogen-bond acceptors (Lipinski definition) is 2. The SMILES string of the molecule is CC1(C)c2cc(Cl)ccc2N[C@@H]2c3nccc4c5ccccc5n(c34)C[C@@H]21. The topological polar surface area (TPSA) is 29.9 Å². The van der Waals surface area contributed by atoms with Crippen molar-refractivity contribution in [2.45, 2.75) is 31.8 Å². The number of nitrogens with one attached hydrogen (secondary N) is 1. The first kappa shape index (κ1) is 15.5. The maximum atomic E-state index is 6.34. The van der Waals surface area contributed by atoms with Crippen molar-refractivity contribution in [3.05, 3.63) is 71.0 Å². The van der Waals surface area contributed by atoms with Gasteiger partial charge in [0.2, 0.25) is 0 Å². The van der Waals surface area contributed by atoms with E-state index in [4.69, 9.17) is 16.6 Å². The minimum absolute atomic E-state index is 0.0109. The summed E-state index contributed by atoms with van der Waals surface area (Å²) in [6.45, 7) is 5.66. The van der Waals surface area contributed by atoms with Gasteiger partial charge in [0.15, 0.2) is 0 Å². The highest BCUT2D eigenvalue weighted by Crippen LogP contribution is 2.53. The van der Waals surface area contributed by atoms with Gasteiger partial charge in [0.05, 0.1) is 17.3 Å². The summed E-state index contributed by atoms with van der Waals surface area (Å²) in [7, 11) is 0. The number of nitrogens with zero attached hydrogens (tertiary/aromatic N) is 2. The fourth-order valence-electron chi connectivity index (χ4n) is 5.29. The van der Waals surface area contributed by atoms with Crippen molar-refractivity contribution in [2.24, 2.45) is 5.92 Å². The summed E-state index contributed by atoms with van der Waals surface area (Å²) in [6, 6.07) is 17.3. The molecule has 4 heterocycles. The van der Waals surface area contributed by atoms with Gasteiger partial charge < -0.3 is 9.88 Å². The molecule has 2 aromatic carbocycles. The first-order valence-corrected chi connectivity index (χ1v) is 9.86. The Morgan fingerprint density at radius 3 is 2.85 bits per heavy atom. The average molecular weight is 374 g/mol. The van der Waals surface area contributed by atoms with Crippen LogP contribution in [0.25, 0.3) is 21.8 Å². The van der Waals surface area contributed by atoms with E-state index in [0.29, 0.717) is 5.92 Å². The molecule has 6 rings (SSSR count). The molecule has 3 nitrogen and oxygen atoms in total. The Balaban J connectivity index is 1.67. The standard InChI is InChI=1S/C23H20ClN3/c1-23(2)16-11-13(24)7-8-18(16)26-20-17(23)12-27-19-6-4-3-5-14(19)15-9-10-25-21(20)22(15)27/h3-11,17,20,26H,12H2,1-2H3/t17-,20-/m0/s1. The summed E-state index contributed by atoms with van der Waals surface area (Å²) in [5.74, 6) is 0.393. The van der Waals surface area contributed by atoms with E-state index in [1.807, 2.05) is 12.3 Å². The van der Waals surface area contributed by atoms with Gasteiger partial charge in [-0.2, -0.15) is 0 Å². The first-order valence-electron chi connectivity index (χ1n) is 9.48. The summed E-state index contributed by atoms with van der Waals surface area (Å²) in [5.41, 5.74) is 6.20. The Hall–Kier alpha value is -2.52. The van der Waals surface area contributed by atoms with Crippen LogP contribution in [0.2, 0.25) is 5.02 Å². The molecule has 0 bridgehead atoms. The Bertz CT molecular complexity index is 1240. The Kier molecular flexibility index (Phi) is 2.90. The maximum Gasteiger partial charge on any atom is 0.0872 e. The lowest BCUT2D eigenvalue weighted by atomic mass is 9.65. The van der Waals surface area contributed by atoms with Gasteiger partial charge >= 0.3 is 0 Å². The van der Waals surface area contributed by atoms with E-state index in [9.17, 15) is 0 Å². The molecule has 0 saturated carbocycles. The zero-order valence-electron chi connectivity index (χ0n) is 15.3. The predicted molar refractivity (Wildman–Crippen MR) is 112 cm³/mol. The fourth-order valence-corrected chi connectivity index (χ4v) is 5.47. The number of pyridine rings is 1. The van der Waals surface area contributed by atoms with Gasteiger partial charge in [0, 0.05) is 45.7 Å². The van der Waals surface area contributed by atoms with Gasteiger partial charge in [-0.25, -0.2) is 0 Å². The van der Waals surface area contributed by atoms with E-state index in [-0.39, 0.29) is 11.5 Å². The summed E-state index contributed by atoms with van der Waals surface area (Å²) >= 11 is 6.34. The predicted octanol–water partition coefficient (Wildman–Crippen LogP) is 5.92. The van der Waals surface area contributed by atoms with Crippen molar-refractivity contribution in [3.8, 4) is 0 Å². The zero-order chi connectivity index (χ0) is 18.3. The lowest BCUT2D eigenvalue weighted by Gasteiger charge is -2.48. The molecule has 4 aromatic rings. The minimum atomic E-state index is -0.0109. The molecular formula is C23H20ClN3. The van der Waals surface area contributed by atoms with Crippen molar-refractivity contribution in [1.82, 2.24) is 9.55 Å². The van der Waals surface area contributed by atoms with Crippen LogP contribution < -0.4 is 5.32 Å². The van der Waals surface area contributed by atoms with Gasteiger partial charge in [-0.1, -0.05) is 43.6 Å². The summed E-state index contributed by atoms with van der Waals surface area (Å²) in [6.07, 6.45) is 1.96. The largest absolute Gasteiger partial charge is 0.376 e. The second-order valence-electron chi connectivity index (χ2n) is 8.36. The van der Waals surface area contributed by atoms with Gasteiger partial charge in [0.25, 0.3) is 0 Å². The van der Waals surface area contributed by atoms with E-state index in [0.717, 1.165) is 17.3 Å². The number of para-hydroxylation sites is 1. The third kappa shape index (κ3) is 1.90. The Labute approximate surface area is 163 Å². The molecule has 0 unspecified atom stereocenters. The monoisotopic (exact) mass is 373 g/mol. The molecule has 134 valence electrons. The maximum absolute atomic E-state index is 6.34. The average Bonchev–Trinajstić information content (AvgIpc) is 2.99. The van der Waals surface area contributed by atoms with Gasteiger partial charge in [0.1, 0.15) is 0 Å². The number of hydrogen-bond donors (Lipinski definition) is 1. The van der Waals surface area contributed by atoms with E-state index < -0.39 is 0 Å². The molecule has 4 heteroatoms. The van der Waals surface area contributed by atoms with Gasteiger partial charge in [-0.05, 0) is 41.3 Å². The van der Waals surface area contributed by atoms with Crippen LogP contribution in [0, 0.1) is 5.92 Å². The molecule has 2 aliphatic rings. The third-order valence-electron chi connectivity index (χ3n) is 6.70. The highest BCUT2D eigenvalue weighted by atomic mass is 35.5. The quantitative estimate of drug-likeness (QED) is 0.414. The summed E-state index contributed by atoms with van der Waals surface area (Å²) in [4.78, 5) is 4.86. The second kappa shape index (κ2) is 5.05. The van der Waals surface area contributed by atoms with Crippen LogP contribution in [-0.2, 0) is 12.0 Å². The molecule has 1 N–H and O–H groups in total. The molecular weight excluding hydrogens is 354 g/mol. The first-order chi connectivity index (χ1) is 13.1. The fraction of sp³-hybridized carbons (Fsp3) is 0.261. The van der Waals surface area contributed by atoms with Gasteiger partial charge in [-0.3, -0.25) is 4.98 Å². The van der Waals surface area contributed by atoms with Crippen LogP contribution in [-0.4, -0.2) is 9.55 Å². The van der Waals surface area contributed by atoms with Crippen molar-refractivity contribution >= 4 is 39.1 Å². The van der Waals surface area contributed by atoms with Crippen molar-refractivity contribution in [3.63, 3.8) is 0 Å². The Morgan fingerprint density at radius 2 is 1.96 bits per heavy atom.